The quantitative estimate of drug-likeness (QED) is 0.397. The van der Waals surface area contributed by atoms with Crippen LogP contribution < -0.4 is 15.4 Å². The molecule has 1 saturated carbocycles. The van der Waals surface area contributed by atoms with Crippen molar-refractivity contribution in [3.63, 3.8) is 0 Å². The molecule has 10 nitrogen and oxygen atoms in total. The molecule has 11 heteroatoms. The number of carbonyl (C=O) groups is 4. The van der Waals surface area contributed by atoms with Crippen LogP contribution in [0.1, 0.15) is 75.7 Å². The largest absolute Gasteiger partial charge is 0.497 e. The van der Waals surface area contributed by atoms with Crippen molar-refractivity contribution in [1.29, 1.82) is 0 Å². The summed E-state index contributed by atoms with van der Waals surface area (Å²) < 4.78 is 5.30. The Labute approximate surface area is 238 Å². The second kappa shape index (κ2) is 10.6. The minimum atomic E-state index is -1.24. The number of ether oxygens (including phenoxy) is 1. The number of amides is 3. The minimum Gasteiger partial charge on any atom is -0.497 e. The number of H-pyrrole nitrogens is 1. The van der Waals surface area contributed by atoms with Crippen LogP contribution in [0.3, 0.4) is 0 Å². The zero-order chi connectivity index (χ0) is 28.8. The second-order valence-electron chi connectivity index (χ2n) is 12.4. The van der Waals surface area contributed by atoms with Crippen molar-refractivity contribution >= 4 is 46.2 Å². The summed E-state index contributed by atoms with van der Waals surface area (Å²) in [6.07, 6.45) is 5.95. The number of carboxylic acids is 1. The van der Waals surface area contributed by atoms with Gasteiger partial charge in [-0.1, -0.05) is 30.9 Å². The third-order valence-corrected chi connectivity index (χ3v) is 9.13. The monoisotopic (exact) mass is 572 g/mol. The third-order valence-electron chi connectivity index (χ3n) is 8.83. The number of nitrogens with zero attached hydrogens (tertiary/aromatic N) is 1. The van der Waals surface area contributed by atoms with E-state index in [2.05, 4.69) is 15.6 Å². The maximum Gasteiger partial charge on any atom is 0.326 e. The first kappa shape index (κ1) is 28.3. The van der Waals surface area contributed by atoms with Crippen LogP contribution in [0.5, 0.6) is 5.75 Å². The van der Waals surface area contributed by atoms with E-state index in [1.807, 2.05) is 13.8 Å². The number of rotatable bonds is 7. The van der Waals surface area contributed by atoms with E-state index in [9.17, 15) is 24.3 Å². The van der Waals surface area contributed by atoms with Crippen molar-refractivity contribution in [1.82, 2.24) is 20.5 Å². The van der Waals surface area contributed by atoms with Gasteiger partial charge in [-0.15, -0.1) is 0 Å². The van der Waals surface area contributed by atoms with Gasteiger partial charge in [-0.3, -0.25) is 14.4 Å². The van der Waals surface area contributed by atoms with Crippen molar-refractivity contribution in [2.75, 3.05) is 13.7 Å². The number of carboxylic acid groups (broad SMARTS) is 1. The van der Waals surface area contributed by atoms with Gasteiger partial charge in [0, 0.05) is 29.5 Å². The molecule has 3 fully saturated rings. The number of benzene rings is 1. The fourth-order valence-corrected chi connectivity index (χ4v) is 7.15. The lowest BCUT2D eigenvalue weighted by Gasteiger charge is -2.32. The molecule has 4 N–H and O–H groups in total. The number of aliphatic carboxylic acids is 1. The molecule has 3 amide bonds. The first-order chi connectivity index (χ1) is 18.9. The molecule has 1 unspecified atom stereocenters. The number of methoxy groups -OCH3 is 1. The predicted octanol–water partition coefficient (Wildman–Crippen LogP) is 3.87. The number of nitrogens with one attached hydrogen (secondary N) is 3. The molecule has 3 heterocycles. The molecule has 0 radical (unpaired) electrons. The summed E-state index contributed by atoms with van der Waals surface area (Å²) >= 11 is 6.41. The van der Waals surface area contributed by atoms with E-state index in [1.54, 1.807) is 23.1 Å². The molecular formula is C29H37ClN4O6. The first-order valence-corrected chi connectivity index (χ1v) is 14.3. The molecule has 5 rings (SSSR count). The van der Waals surface area contributed by atoms with Crippen LogP contribution in [-0.4, -0.2) is 70.0 Å². The molecule has 2 aliphatic heterocycles. The zero-order valence-corrected chi connectivity index (χ0v) is 23.9. The van der Waals surface area contributed by atoms with Gasteiger partial charge in [0.2, 0.25) is 11.8 Å². The topological polar surface area (TPSA) is 141 Å². The van der Waals surface area contributed by atoms with E-state index in [0.717, 1.165) is 32.1 Å². The van der Waals surface area contributed by atoms with Crippen LogP contribution in [0, 0.1) is 11.3 Å². The lowest BCUT2D eigenvalue weighted by molar-refractivity contribution is -0.143. The standard InChI is InChI=1S/C29H37ClN4O6/c1-28(2)13-17(24(35)33-28)11-21(27(38)39)32-25(36)22-14-29(7-5-4-6-8-29)15-34(22)26(37)20-10-16-9-18(40-3)12-19(30)23(16)31-20/h9-10,12,17,21-22,31H,4-8,11,13-15H2,1-3H3,(H,32,36)(H,33,35)(H,38,39)/t17-,21?,22+/m1/s1. The number of fused-ring (bicyclic) bond motifs is 1. The van der Waals surface area contributed by atoms with Gasteiger partial charge in [0.1, 0.15) is 23.5 Å². The van der Waals surface area contributed by atoms with E-state index < -0.39 is 35.4 Å². The Bertz CT molecular complexity index is 1350. The SMILES string of the molecule is COc1cc(Cl)c2[nH]c(C(=O)N3CC4(CCCCC4)C[C@H]3C(=O)NC(C[C@@H]3CC(C)(C)NC3=O)C(=O)O)cc2c1. The van der Waals surface area contributed by atoms with Crippen LogP contribution in [0.15, 0.2) is 18.2 Å². The van der Waals surface area contributed by atoms with Gasteiger partial charge >= 0.3 is 5.97 Å². The van der Waals surface area contributed by atoms with Gasteiger partial charge in [0.05, 0.1) is 17.6 Å². The molecule has 216 valence electrons. The van der Waals surface area contributed by atoms with E-state index in [0.29, 0.717) is 46.8 Å². The average molecular weight is 573 g/mol. The van der Waals surface area contributed by atoms with Gasteiger partial charge in [-0.25, -0.2) is 4.79 Å². The van der Waals surface area contributed by atoms with Gasteiger partial charge in [-0.05, 0) is 63.5 Å². The molecule has 2 saturated heterocycles. The van der Waals surface area contributed by atoms with Crippen molar-refractivity contribution in [3.8, 4) is 5.75 Å². The minimum absolute atomic E-state index is 0.00943. The predicted molar refractivity (Wildman–Crippen MR) is 149 cm³/mol. The highest BCUT2D eigenvalue weighted by atomic mass is 35.5. The highest BCUT2D eigenvalue weighted by molar-refractivity contribution is 6.35. The summed E-state index contributed by atoms with van der Waals surface area (Å²) in [5, 5.41) is 16.6. The van der Waals surface area contributed by atoms with E-state index >= 15 is 0 Å². The maximum atomic E-state index is 13.9. The normalized spacial score (nSPS) is 24.2. The van der Waals surface area contributed by atoms with Crippen LogP contribution >= 0.6 is 11.6 Å². The molecule has 1 aromatic heterocycles. The molecule has 0 bridgehead atoms. The number of hydrogen-bond acceptors (Lipinski definition) is 5. The summed E-state index contributed by atoms with van der Waals surface area (Å²) in [4.78, 5) is 56.9. The lowest BCUT2D eigenvalue weighted by atomic mass is 9.72. The van der Waals surface area contributed by atoms with Crippen LogP contribution in [-0.2, 0) is 14.4 Å². The number of carbonyl (C=O) groups excluding carboxylic acids is 3. The molecule has 1 aromatic carbocycles. The molecule has 40 heavy (non-hydrogen) atoms. The van der Waals surface area contributed by atoms with E-state index in [1.165, 1.54) is 7.11 Å². The fourth-order valence-electron chi connectivity index (χ4n) is 6.89. The third kappa shape index (κ3) is 5.50. The lowest BCUT2D eigenvalue weighted by Crippen LogP contribution is -2.51. The van der Waals surface area contributed by atoms with E-state index in [-0.39, 0.29) is 23.7 Å². The number of aromatic nitrogens is 1. The molecule has 1 spiro atoms. The fraction of sp³-hybridized carbons (Fsp3) is 0.586. The first-order valence-electron chi connectivity index (χ1n) is 13.9. The summed E-state index contributed by atoms with van der Waals surface area (Å²) in [6.45, 7) is 4.20. The Morgan fingerprint density at radius 1 is 1.18 bits per heavy atom. The molecular weight excluding hydrogens is 536 g/mol. The average Bonchev–Trinajstić information content (AvgIpc) is 3.56. The molecule has 2 aromatic rings. The molecule has 3 atom stereocenters. The molecule has 3 aliphatic rings. The molecule has 1 aliphatic carbocycles. The second-order valence-corrected chi connectivity index (χ2v) is 12.8. The summed E-state index contributed by atoms with van der Waals surface area (Å²) in [5.74, 6) is -2.20. The number of likely N-dealkylation sites (tertiary alicyclic amines) is 1. The van der Waals surface area contributed by atoms with Crippen LogP contribution in [0.2, 0.25) is 5.02 Å². The van der Waals surface area contributed by atoms with Crippen LogP contribution in [0.25, 0.3) is 10.9 Å². The summed E-state index contributed by atoms with van der Waals surface area (Å²) in [6, 6.07) is 3.08. The van der Waals surface area contributed by atoms with Gasteiger partial charge < -0.3 is 30.4 Å². The van der Waals surface area contributed by atoms with Crippen molar-refractivity contribution in [2.24, 2.45) is 11.3 Å². The highest BCUT2D eigenvalue weighted by Gasteiger charge is 2.50. The van der Waals surface area contributed by atoms with E-state index in [4.69, 9.17) is 16.3 Å². The van der Waals surface area contributed by atoms with Gasteiger partial charge in [0.15, 0.2) is 0 Å². The van der Waals surface area contributed by atoms with Gasteiger partial charge in [-0.2, -0.15) is 0 Å². The number of halogens is 1. The Morgan fingerprint density at radius 3 is 2.52 bits per heavy atom. The van der Waals surface area contributed by atoms with Crippen LogP contribution in [0.4, 0.5) is 0 Å². The van der Waals surface area contributed by atoms with Crippen molar-refractivity contribution in [3.05, 3.63) is 28.9 Å². The Kier molecular flexibility index (Phi) is 7.50. The Hall–Kier alpha value is -3.27. The number of aromatic amines is 1. The van der Waals surface area contributed by atoms with Crippen molar-refractivity contribution < 1.29 is 29.0 Å². The summed E-state index contributed by atoms with van der Waals surface area (Å²) in [5.41, 5.74) is 0.290. The zero-order valence-electron chi connectivity index (χ0n) is 23.1. The summed E-state index contributed by atoms with van der Waals surface area (Å²) in [7, 11) is 1.54. The smallest absolute Gasteiger partial charge is 0.326 e. The maximum absolute atomic E-state index is 13.9. The Balaban J connectivity index is 1.40. The Morgan fingerprint density at radius 2 is 1.90 bits per heavy atom. The van der Waals surface area contributed by atoms with Crippen molar-refractivity contribution in [2.45, 2.75) is 82.8 Å². The number of hydrogen-bond donors (Lipinski definition) is 4. The highest BCUT2D eigenvalue weighted by Crippen LogP contribution is 2.47. The van der Waals surface area contributed by atoms with Gasteiger partial charge in [0.25, 0.3) is 5.91 Å².